The van der Waals surface area contributed by atoms with Crippen molar-refractivity contribution in [2.24, 2.45) is 0 Å². The highest BCUT2D eigenvalue weighted by Crippen LogP contribution is 2.36. The smallest absolute Gasteiger partial charge is 0.464 e. The van der Waals surface area contributed by atoms with E-state index in [4.69, 9.17) is 0 Å². The summed E-state index contributed by atoms with van der Waals surface area (Å²) in [4.78, 5) is 10.4. The molecule has 0 N–H and O–H groups in total. The lowest BCUT2D eigenvalue weighted by atomic mass is 10.6. The molecule has 8 heteroatoms. The average Bonchev–Trinajstić information content (AvgIpc) is 1.99. The van der Waals surface area contributed by atoms with Crippen LogP contribution in [0.2, 0.25) is 0 Å². The summed E-state index contributed by atoms with van der Waals surface area (Å²) in [5.41, 5.74) is 0. The Morgan fingerprint density at radius 3 is 2.07 bits per heavy atom. The third-order valence-electron chi connectivity index (χ3n) is 1.01. The van der Waals surface area contributed by atoms with Crippen molar-refractivity contribution in [3.63, 3.8) is 0 Å². The van der Waals surface area contributed by atoms with Gasteiger partial charge in [0.2, 0.25) is 0 Å². The molecule has 84 valence electrons. The second-order valence-electron chi connectivity index (χ2n) is 2.11. The van der Waals surface area contributed by atoms with Crippen molar-refractivity contribution in [3.05, 3.63) is 0 Å². The molecule has 0 fully saturated rings. The summed E-state index contributed by atoms with van der Waals surface area (Å²) in [7, 11) is 0. The summed E-state index contributed by atoms with van der Waals surface area (Å²) < 4.78 is 65.4. The van der Waals surface area contributed by atoms with Crippen LogP contribution in [0.5, 0.6) is 0 Å². The summed E-state index contributed by atoms with van der Waals surface area (Å²) in [5.74, 6) is -1.28. The van der Waals surface area contributed by atoms with Crippen LogP contribution < -0.4 is 0 Å². The van der Waals surface area contributed by atoms with Gasteiger partial charge in [0.15, 0.2) is 6.61 Å². The van der Waals surface area contributed by atoms with E-state index in [-0.39, 0.29) is 6.61 Å². The molecule has 0 aromatic carbocycles. The molecule has 0 aliphatic heterocycles. The summed E-state index contributed by atoms with van der Waals surface area (Å²) in [6, 6.07) is 0. The number of carbonyl (C=O) groups excluding carboxylic acids is 1. The lowest BCUT2D eigenvalue weighted by molar-refractivity contribution is -0.389. The standard InChI is InChI=1S/C6H7F5O3/c1-2-13-4(12)3-14-6(10,11)5(7,8)9/h2-3H2,1H3. The predicted octanol–water partition coefficient (Wildman–Crippen LogP) is 1.72. The minimum atomic E-state index is -5.83. The van der Waals surface area contributed by atoms with E-state index in [9.17, 15) is 26.7 Å². The fourth-order valence-electron chi connectivity index (χ4n) is 0.434. The number of carbonyl (C=O) groups is 1. The molecular formula is C6H7F5O3. The van der Waals surface area contributed by atoms with Crippen LogP contribution in [-0.4, -0.2) is 31.5 Å². The fraction of sp³-hybridized carbons (Fsp3) is 0.833. The van der Waals surface area contributed by atoms with Crippen LogP contribution in [0.3, 0.4) is 0 Å². The van der Waals surface area contributed by atoms with Crippen molar-refractivity contribution in [2.75, 3.05) is 13.2 Å². The van der Waals surface area contributed by atoms with E-state index in [2.05, 4.69) is 9.47 Å². The van der Waals surface area contributed by atoms with Crippen molar-refractivity contribution in [1.82, 2.24) is 0 Å². The maximum Gasteiger partial charge on any atom is 0.482 e. The van der Waals surface area contributed by atoms with Crippen LogP contribution in [0.4, 0.5) is 22.0 Å². The average molecular weight is 222 g/mol. The Morgan fingerprint density at radius 1 is 1.21 bits per heavy atom. The third-order valence-corrected chi connectivity index (χ3v) is 1.01. The van der Waals surface area contributed by atoms with Gasteiger partial charge in [0.05, 0.1) is 6.61 Å². The van der Waals surface area contributed by atoms with Gasteiger partial charge in [-0.25, -0.2) is 4.79 Å². The minimum Gasteiger partial charge on any atom is -0.464 e. The van der Waals surface area contributed by atoms with E-state index >= 15 is 0 Å². The quantitative estimate of drug-likeness (QED) is 0.536. The zero-order valence-corrected chi connectivity index (χ0v) is 7.03. The number of rotatable bonds is 4. The van der Waals surface area contributed by atoms with Crippen LogP contribution in [0.25, 0.3) is 0 Å². The molecule has 0 aromatic rings. The topological polar surface area (TPSA) is 35.5 Å². The molecule has 14 heavy (non-hydrogen) atoms. The van der Waals surface area contributed by atoms with Gasteiger partial charge in [0, 0.05) is 0 Å². The zero-order valence-electron chi connectivity index (χ0n) is 7.03. The molecule has 0 aliphatic carbocycles. The van der Waals surface area contributed by atoms with Gasteiger partial charge in [-0.2, -0.15) is 22.0 Å². The first-order valence-electron chi connectivity index (χ1n) is 3.45. The molecule has 0 atom stereocenters. The van der Waals surface area contributed by atoms with Crippen molar-refractivity contribution < 1.29 is 36.2 Å². The second-order valence-corrected chi connectivity index (χ2v) is 2.11. The molecule has 0 radical (unpaired) electrons. The zero-order chi connectivity index (χ0) is 11.4. The Balaban J connectivity index is 4.06. The number of alkyl halides is 5. The van der Waals surface area contributed by atoms with E-state index in [0.29, 0.717) is 0 Å². The molecule has 0 bridgehead atoms. The molecule has 0 amide bonds. The van der Waals surface area contributed by atoms with Crippen molar-refractivity contribution in [2.45, 2.75) is 19.2 Å². The van der Waals surface area contributed by atoms with Crippen LogP contribution in [0, 0.1) is 0 Å². The highest BCUT2D eigenvalue weighted by Gasteiger charge is 2.59. The largest absolute Gasteiger partial charge is 0.482 e. The van der Waals surface area contributed by atoms with E-state index in [1.54, 1.807) is 0 Å². The van der Waals surface area contributed by atoms with E-state index in [1.807, 2.05) is 0 Å². The predicted molar refractivity (Wildman–Crippen MR) is 33.6 cm³/mol. The maximum absolute atomic E-state index is 12.0. The Kier molecular flexibility index (Phi) is 4.24. The second kappa shape index (κ2) is 4.54. The van der Waals surface area contributed by atoms with Crippen LogP contribution in [0.1, 0.15) is 6.92 Å². The molecule has 0 spiro atoms. The lowest BCUT2D eigenvalue weighted by Gasteiger charge is -2.18. The molecule has 0 saturated carbocycles. The lowest BCUT2D eigenvalue weighted by Crippen LogP contribution is -2.40. The van der Waals surface area contributed by atoms with Gasteiger partial charge in [-0.1, -0.05) is 0 Å². The first-order chi connectivity index (χ1) is 6.20. The number of hydrogen-bond donors (Lipinski definition) is 0. The van der Waals surface area contributed by atoms with Gasteiger partial charge in [0.1, 0.15) is 0 Å². The van der Waals surface area contributed by atoms with Gasteiger partial charge in [-0.3, -0.25) is 0 Å². The number of ether oxygens (including phenoxy) is 2. The van der Waals surface area contributed by atoms with Gasteiger partial charge in [-0.05, 0) is 6.92 Å². The van der Waals surface area contributed by atoms with E-state index in [0.717, 1.165) is 0 Å². The summed E-state index contributed by atoms with van der Waals surface area (Å²) in [6.45, 7) is -0.195. The Labute approximate surface area is 75.8 Å². The van der Waals surface area contributed by atoms with Gasteiger partial charge < -0.3 is 9.47 Å². The molecule has 0 unspecified atom stereocenters. The molecule has 0 saturated heterocycles. The van der Waals surface area contributed by atoms with E-state index < -0.39 is 24.9 Å². The molecular weight excluding hydrogens is 215 g/mol. The minimum absolute atomic E-state index is 0.125. The van der Waals surface area contributed by atoms with Gasteiger partial charge >= 0.3 is 18.3 Å². The Morgan fingerprint density at radius 2 is 1.71 bits per heavy atom. The maximum atomic E-state index is 12.0. The highest BCUT2D eigenvalue weighted by molar-refractivity contribution is 5.70. The molecule has 0 aliphatic rings. The first kappa shape index (κ1) is 13.1. The van der Waals surface area contributed by atoms with Gasteiger partial charge in [0.25, 0.3) is 0 Å². The monoisotopic (exact) mass is 222 g/mol. The number of halogens is 5. The SMILES string of the molecule is CCOC(=O)COC(F)(F)C(F)(F)F. The normalized spacial score (nSPS) is 12.7. The summed E-state index contributed by atoms with van der Waals surface area (Å²) >= 11 is 0. The number of esters is 1. The van der Waals surface area contributed by atoms with Crippen molar-refractivity contribution >= 4 is 5.97 Å². The van der Waals surface area contributed by atoms with E-state index in [1.165, 1.54) is 6.92 Å². The highest BCUT2D eigenvalue weighted by atomic mass is 19.4. The van der Waals surface area contributed by atoms with Crippen LogP contribution in [-0.2, 0) is 14.3 Å². The van der Waals surface area contributed by atoms with Crippen molar-refractivity contribution in [1.29, 1.82) is 0 Å². The third kappa shape index (κ3) is 3.86. The molecule has 0 rings (SSSR count). The number of hydrogen-bond acceptors (Lipinski definition) is 3. The molecule has 3 nitrogen and oxygen atoms in total. The van der Waals surface area contributed by atoms with Crippen LogP contribution >= 0.6 is 0 Å². The summed E-state index contributed by atoms with van der Waals surface area (Å²) in [5, 5.41) is 0. The van der Waals surface area contributed by atoms with Crippen LogP contribution in [0.15, 0.2) is 0 Å². The van der Waals surface area contributed by atoms with Gasteiger partial charge in [-0.15, -0.1) is 0 Å². The summed E-state index contributed by atoms with van der Waals surface area (Å²) in [6.07, 6.45) is -11.2. The molecule has 0 aromatic heterocycles. The Bertz CT molecular complexity index is 200. The van der Waals surface area contributed by atoms with Crippen molar-refractivity contribution in [3.8, 4) is 0 Å². The first-order valence-corrected chi connectivity index (χ1v) is 3.45. The molecule has 0 heterocycles. The fourth-order valence-corrected chi connectivity index (χ4v) is 0.434. The Hall–Kier alpha value is -0.920.